The molecule has 0 aromatic heterocycles. The van der Waals surface area contributed by atoms with Crippen molar-refractivity contribution in [2.45, 2.75) is 56.9 Å². The van der Waals surface area contributed by atoms with Crippen LogP contribution in [0.4, 0.5) is 33.7 Å². The minimum atomic E-state index is -4.80. The van der Waals surface area contributed by atoms with Gasteiger partial charge in [0.25, 0.3) is 5.91 Å². The van der Waals surface area contributed by atoms with E-state index in [0.717, 1.165) is 37.3 Å². The number of carboxylic acid groups (broad SMARTS) is 1. The minimum absolute atomic E-state index is 0.0233. The molecule has 1 atom stereocenters. The van der Waals surface area contributed by atoms with Crippen molar-refractivity contribution >= 4 is 29.3 Å². The van der Waals surface area contributed by atoms with Gasteiger partial charge in [-0.1, -0.05) is 43.5 Å². The van der Waals surface area contributed by atoms with Gasteiger partial charge in [-0.15, -0.1) is 0 Å². The Bertz CT molecular complexity index is 1530. The highest BCUT2D eigenvalue weighted by atomic mass is 19.4. The third-order valence-corrected chi connectivity index (χ3v) is 7.49. The van der Waals surface area contributed by atoms with Gasteiger partial charge in [0.1, 0.15) is 0 Å². The van der Waals surface area contributed by atoms with Crippen molar-refractivity contribution in [3.63, 3.8) is 0 Å². The maximum atomic E-state index is 13.5. The predicted octanol–water partition coefficient (Wildman–Crippen LogP) is 7.02. The predicted molar refractivity (Wildman–Crippen MR) is 155 cm³/mol. The Morgan fingerprint density at radius 2 is 1.64 bits per heavy atom. The zero-order chi connectivity index (χ0) is 31.9. The highest BCUT2D eigenvalue weighted by Gasteiger charge is 2.34. The van der Waals surface area contributed by atoms with Crippen LogP contribution in [0.25, 0.3) is 0 Å². The van der Waals surface area contributed by atoms with Crippen LogP contribution in [0.1, 0.15) is 70.6 Å². The van der Waals surface area contributed by atoms with E-state index in [0.29, 0.717) is 23.2 Å². The van der Waals surface area contributed by atoms with Crippen LogP contribution in [0.5, 0.6) is 0 Å². The molecule has 3 aromatic rings. The van der Waals surface area contributed by atoms with Gasteiger partial charge < -0.3 is 15.7 Å². The van der Waals surface area contributed by atoms with Crippen molar-refractivity contribution in [1.82, 2.24) is 5.32 Å². The van der Waals surface area contributed by atoms with Crippen LogP contribution < -0.4 is 15.5 Å². The van der Waals surface area contributed by atoms with Crippen LogP contribution in [0.15, 0.2) is 66.7 Å². The molecule has 0 heterocycles. The zero-order valence-electron chi connectivity index (χ0n) is 23.5. The largest absolute Gasteiger partial charge is 0.479 e. The summed E-state index contributed by atoms with van der Waals surface area (Å²) in [4.78, 5) is 37.8. The van der Waals surface area contributed by atoms with Crippen molar-refractivity contribution in [3.8, 4) is 6.07 Å². The molecule has 12 heteroatoms. The Kier molecular flexibility index (Phi) is 10.2. The number of nitrogens with zero attached hydrogens (tertiary/aromatic N) is 2. The van der Waals surface area contributed by atoms with Crippen molar-refractivity contribution < 1.29 is 37.1 Å². The SMILES string of the molecule is N#Cc1ccc(NC(=O)N(Cc2ccc(C(=O)NCC(F)C(=O)O)cc2)c2ccc(C3CCCCC3)cc2)cc1C(F)(F)F. The summed E-state index contributed by atoms with van der Waals surface area (Å²) in [6.45, 7) is -0.726. The summed E-state index contributed by atoms with van der Waals surface area (Å²) in [5.74, 6) is -1.96. The molecule has 0 spiro atoms. The zero-order valence-corrected chi connectivity index (χ0v) is 23.5. The lowest BCUT2D eigenvalue weighted by Gasteiger charge is -2.26. The number of benzene rings is 3. The van der Waals surface area contributed by atoms with Crippen molar-refractivity contribution in [1.29, 1.82) is 5.26 Å². The number of anilines is 2. The molecule has 4 rings (SSSR count). The van der Waals surface area contributed by atoms with Crippen LogP contribution >= 0.6 is 0 Å². The van der Waals surface area contributed by atoms with Crippen LogP contribution in [-0.4, -0.2) is 35.7 Å². The molecule has 230 valence electrons. The molecular weight excluding hydrogens is 580 g/mol. The number of hydrogen-bond donors (Lipinski definition) is 3. The Labute approximate surface area is 251 Å². The van der Waals surface area contributed by atoms with Gasteiger partial charge in [0.05, 0.1) is 30.3 Å². The lowest BCUT2D eigenvalue weighted by molar-refractivity contribution is -0.142. The van der Waals surface area contributed by atoms with E-state index >= 15 is 0 Å². The molecule has 0 aliphatic heterocycles. The van der Waals surface area contributed by atoms with Crippen molar-refractivity contribution in [2.24, 2.45) is 0 Å². The van der Waals surface area contributed by atoms with E-state index in [-0.39, 0.29) is 17.8 Å². The number of amides is 3. The lowest BCUT2D eigenvalue weighted by atomic mass is 9.84. The monoisotopic (exact) mass is 610 g/mol. The van der Waals surface area contributed by atoms with Crippen LogP contribution in [-0.2, 0) is 17.5 Å². The summed E-state index contributed by atoms with van der Waals surface area (Å²) in [6.07, 6.45) is -1.41. The number of alkyl halides is 4. The first-order chi connectivity index (χ1) is 21.0. The van der Waals surface area contributed by atoms with Gasteiger partial charge in [-0.3, -0.25) is 9.69 Å². The molecule has 3 amide bonds. The number of aliphatic carboxylic acids is 1. The fourth-order valence-electron chi connectivity index (χ4n) is 5.10. The normalized spacial score (nSPS) is 14.2. The second-order valence-electron chi connectivity index (χ2n) is 10.5. The molecule has 44 heavy (non-hydrogen) atoms. The third-order valence-electron chi connectivity index (χ3n) is 7.49. The van der Waals surface area contributed by atoms with E-state index in [1.807, 2.05) is 12.1 Å². The topological polar surface area (TPSA) is 123 Å². The molecule has 3 aromatic carbocycles. The highest BCUT2D eigenvalue weighted by molar-refractivity contribution is 6.02. The number of urea groups is 1. The number of carbonyl (C=O) groups excluding carboxylic acids is 2. The van der Waals surface area contributed by atoms with E-state index in [4.69, 9.17) is 10.4 Å². The number of halogens is 4. The first-order valence-corrected chi connectivity index (χ1v) is 14.0. The molecule has 0 saturated heterocycles. The second kappa shape index (κ2) is 14.0. The van der Waals surface area contributed by atoms with Gasteiger partial charge in [-0.25, -0.2) is 14.0 Å². The van der Waals surface area contributed by atoms with E-state index in [2.05, 4.69) is 10.6 Å². The summed E-state index contributed by atoms with van der Waals surface area (Å²) < 4.78 is 53.9. The second-order valence-corrected chi connectivity index (χ2v) is 10.5. The Balaban J connectivity index is 1.57. The van der Waals surface area contributed by atoms with Crippen LogP contribution in [0.3, 0.4) is 0 Å². The number of carbonyl (C=O) groups is 3. The van der Waals surface area contributed by atoms with Gasteiger partial charge in [0, 0.05) is 16.9 Å². The average molecular weight is 611 g/mol. The fourth-order valence-corrected chi connectivity index (χ4v) is 5.10. The van der Waals surface area contributed by atoms with Crippen molar-refractivity contribution in [3.05, 3.63) is 94.5 Å². The standard InChI is InChI=1S/C32H30F4N4O4/c33-28(30(42)43)18-38-29(41)23-8-6-20(7-9-23)19-40(26-14-11-22(12-15-26)21-4-2-1-3-5-21)31(44)39-25-13-10-24(17-37)27(16-25)32(34,35)36/h6-16,21,28H,1-5,18-19H2,(H,38,41)(H,39,44)(H,42,43). The molecule has 1 aliphatic rings. The smallest absolute Gasteiger partial charge is 0.417 e. The number of nitrogens with one attached hydrogen (secondary N) is 2. The Morgan fingerprint density at radius 1 is 0.977 bits per heavy atom. The molecule has 0 radical (unpaired) electrons. The molecule has 8 nitrogen and oxygen atoms in total. The number of hydrogen-bond acceptors (Lipinski definition) is 4. The van der Waals surface area contributed by atoms with Gasteiger partial charge in [-0.05, 0) is 72.4 Å². The maximum absolute atomic E-state index is 13.5. The fraction of sp³-hybridized carbons (Fsp3) is 0.312. The highest BCUT2D eigenvalue weighted by Crippen LogP contribution is 2.35. The maximum Gasteiger partial charge on any atom is 0.417 e. The van der Waals surface area contributed by atoms with Gasteiger partial charge in [0.2, 0.25) is 6.17 Å². The minimum Gasteiger partial charge on any atom is -0.479 e. The number of carboxylic acids is 1. The average Bonchev–Trinajstić information content (AvgIpc) is 3.02. The molecule has 1 fully saturated rings. The third kappa shape index (κ3) is 8.12. The summed E-state index contributed by atoms with van der Waals surface area (Å²) in [6, 6.07) is 17.1. The van der Waals surface area contributed by atoms with Gasteiger partial charge >= 0.3 is 18.2 Å². The lowest BCUT2D eigenvalue weighted by Crippen LogP contribution is -2.35. The van der Waals surface area contributed by atoms with Crippen LogP contribution in [0.2, 0.25) is 0 Å². The molecule has 0 bridgehead atoms. The number of nitriles is 1. The van der Waals surface area contributed by atoms with Gasteiger partial charge in [0.15, 0.2) is 0 Å². The van der Waals surface area contributed by atoms with E-state index in [9.17, 15) is 31.9 Å². The summed E-state index contributed by atoms with van der Waals surface area (Å²) >= 11 is 0. The molecule has 1 saturated carbocycles. The van der Waals surface area contributed by atoms with Crippen LogP contribution in [0, 0.1) is 11.3 Å². The van der Waals surface area contributed by atoms with E-state index in [1.165, 1.54) is 35.6 Å². The molecule has 1 aliphatic carbocycles. The van der Waals surface area contributed by atoms with E-state index < -0.39 is 47.9 Å². The Hall–Kier alpha value is -4.92. The quantitative estimate of drug-likeness (QED) is 0.225. The molecular formula is C32H30F4N4O4. The van der Waals surface area contributed by atoms with Gasteiger partial charge in [-0.2, -0.15) is 18.4 Å². The van der Waals surface area contributed by atoms with Crippen molar-refractivity contribution in [2.75, 3.05) is 16.8 Å². The first-order valence-electron chi connectivity index (χ1n) is 14.0. The molecule has 1 unspecified atom stereocenters. The first kappa shape index (κ1) is 32.0. The summed E-state index contributed by atoms with van der Waals surface area (Å²) in [5.41, 5.74) is 0.442. The Morgan fingerprint density at radius 3 is 2.23 bits per heavy atom. The van der Waals surface area contributed by atoms with E-state index in [1.54, 1.807) is 24.3 Å². The number of rotatable bonds is 9. The summed E-state index contributed by atoms with van der Waals surface area (Å²) in [5, 5.41) is 22.4. The molecule has 3 N–H and O–H groups in total. The summed E-state index contributed by atoms with van der Waals surface area (Å²) in [7, 11) is 0.